The summed E-state index contributed by atoms with van der Waals surface area (Å²) >= 11 is 0. The number of nitrogens with two attached hydrogens (primary N) is 2. The number of aliphatic carboxylic acids is 2. The Morgan fingerprint density at radius 2 is 1.44 bits per heavy atom. The van der Waals surface area contributed by atoms with Crippen LogP contribution < -0.4 is 11.5 Å². The highest BCUT2D eigenvalue weighted by Gasteiger charge is 2.20. The van der Waals surface area contributed by atoms with E-state index in [0.29, 0.717) is 0 Å². The van der Waals surface area contributed by atoms with Crippen LogP contribution in [0.15, 0.2) is 0 Å². The molecule has 0 aromatic heterocycles. The van der Waals surface area contributed by atoms with Crippen LogP contribution in [0.25, 0.3) is 0 Å². The van der Waals surface area contributed by atoms with Gasteiger partial charge in [-0.1, -0.05) is 0 Å². The van der Waals surface area contributed by atoms with Crippen LogP contribution in [0.3, 0.4) is 0 Å². The molecule has 0 aliphatic rings. The third-order valence-corrected chi connectivity index (χ3v) is 1.93. The summed E-state index contributed by atoms with van der Waals surface area (Å²) in [7, 11) is 0. The summed E-state index contributed by atoms with van der Waals surface area (Å²) in [6, 6.07) is -1.06. The molecule has 0 spiro atoms. The molecule has 0 heterocycles. The van der Waals surface area contributed by atoms with Crippen molar-refractivity contribution in [1.82, 2.24) is 0 Å². The molecular formula is C9H20N2O7. The summed E-state index contributed by atoms with van der Waals surface area (Å²) in [6.07, 6.45) is -0.224. The summed E-state index contributed by atoms with van der Waals surface area (Å²) < 4.78 is 0. The molecule has 9 nitrogen and oxygen atoms in total. The maximum Gasteiger partial charge on any atom is 0.320 e. The molecule has 0 rings (SSSR count). The number of carbonyl (C=O) groups is 2. The minimum absolute atomic E-state index is 0.0231. The van der Waals surface area contributed by atoms with E-state index < -0.39 is 43.3 Å². The predicted octanol–water partition coefficient (Wildman–Crippen LogP) is -3.08. The van der Waals surface area contributed by atoms with E-state index in [2.05, 4.69) is 0 Å². The second kappa shape index (κ2) is 9.74. The molecule has 0 aliphatic carbocycles. The van der Waals surface area contributed by atoms with Crippen molar-refractivity contribution >= 4 is 11.9 Å². The summed E-state index contributed by atoms with van der Waals surface area (Å²) in [5.74, 6) is -2.20. The van der Waals surface area contributed by atoms with Gasteiger partial charge >= 0.3 is 11.9 Å². The molecule has 9 N–H and O–H groups in total. The Labute approximate surface area is 104 Å². The monoisotopic (exact) mass is 268 g/mol. The topological polar surface area (TPSA) is 187 Å². The number of rotatable bonds is 7. The van der Waals surface area contributed by atoms with E-state index in [1.165, 1.54) is 0 Å². The van der Waals surface area contributed by atoms with Gasteiger partial charge in [-0.3, -0.25) is 9.59 Å². The molecule has 0 unspecified atom stereocenters. The molecule has 108 valence electrons. The van der Waals surface area contributed by atoms with Gasteiger partial charge in [0.15, 0.2) is 0 Å². The van der Waals surface area contributed by atoms with Crippen molar-refractivity contribution in [3.8, 4) is 0 Å². The van der Waals surface area contributed by atoms with Crippen molar-refractivity contribution in [3.63, 3.8) is 0 Å². The van der Waals surface area contributed by atoms with Crippen LogP contribution in [0.5, 0.6) is 0 Å². The Morgan fingerprint density at radius 1 is 1.06 bits per heavy atom. The quantitative estimate of drug-likeness (QED) is 0.251. The maximum absolute atomic E-state index is 9.99. The van der Waals surface area contributed by atoms with Gasteiger partial charge < -0.3 is 37.0 Å². The van der Waals surface area contributed by atoms with Gasteiger partial charge in [-0.15, -0.1) is 0 Å². The van der Waals surface area contributed by atoms with Crippen LogP contribution in [-0.4, -0.2) is 68.9 Å². The van der Waals surface area contributed by atoms with E-state index in [1.54, 1.807) is 0 Å². The van der Waals surface area contributed by atoms with Crippen LogP contribution in [0, 0.1) is 0 Å². The molecule has 0 radical (unpaired) electrons. The van der Waals surface area contributed by atoms with E-state index in [0.717, 1.165) is 0 Å². The number of carboxylic acid groups (broad SMARTS) is 2. The fourth-order valence-corrected chi connectivity index (χ4v) is 0.552. The number of hydrogen-bond acceptors (Lipinski definition) is 7. The molecule has 0 aliphatic heterocycles. The Morgan fingerprint density at radius 3 is 1.61 bits per heavy atom. The zero-order valence-electron chi connectivity index (χ0n) is 9.82. The lowest BCUT2D eigenvalue weighted by Crippen LogP contribution is -2.50. The van der Waals surface area contributed by atoms with E-state index in [9.17, 15) is 9.59 Å². The first-order valence-corrected chi connectivity index (χ1v) is 5.04. The number of aliphatic hydroxyl groups is 3. The summed E-state index contributed by atoms with van der Waals surface area (Å²) in [6.45, 7) is -1.21. The highest BCUT2D eigenvalue weighted by molar-refractivity contribution is 5.74. The van der Waals surface area contributed by atoms with Crippen LogP contribution in [0.1, 0.15) is 12.8 Å². The first kappa shape index (κ1) is 19.1. The Bertz CT molecular complexity index is 247. The van der Waals surface area contributed by atoms with Crippen LogP contribution >= 0.6 is 0 Å². The molecule has 0 aromatic carbocycles. The van der Waals surface area contributed by atoms with Crippen LogP contribution in [0.2, 0.25) is 0 Å². The van der Waals surface area contributed by atoms with Gasteiger partial charge in [0.05, 0.1) is 25.4 Å². The summed E-state index contributed by atoms with van der Waals surface area (Å²) in [5, 5.41) is 41.3. The Kier molecular flexibility index (Phi) is 10.3. The number of carboxylic acids is 2. The molecule has 0 saturated carbocycles. The second-order valence-electron chi connectivity index (χ2n) is 3.71. The summed E-state index contributed by atoms with van der Waals surface area (Å²) in [5.41, 5.74) is 8.94. The average molecular weight is 268 g/mol. The van der Waals surface area contributed by atoms with Crippen LogP contribution in [0.4, 0.5) is 0 Å². The minimum Gasteiger partial charge on any atom is -0.481 e. The lowest BCUT2D eigenvalue weighted by Gasteiger charge is -2.20. The summed E-state index contributed by atoms with van der Waals surface area (Å²) in [4.78, 5) is 19.9. The Hall–Kier alpha value is -1.26. The van der Waals surface area contributed by atoms with Gasteiger partial charge in [0, 0.05) is 6.42 Å². The standard InChI is InChI=1S/C5H9NO4.C4H11NO3/c6-3(5(9)10)1-2-4(7)8;5-4(1-6,2-7)3-8/h3H,1-2,6H2,(H,7,8)(H,9,10);6-8H,1-3,5H2/t3-;/m0./s1. The number of aliphatic hydroxyl groups excluding tert-OH is 3. The van der Waals surface area contributed by atoms with E-state index in [4.69, 9.17) is 37.0 Å². The highest BCUT2D eigenvalue weighted by atomic mass is 16.4. The second-order valence-corrected chi connectivity index (χ2v) is 3.71. The molecule has 18 heavy (non-hydrogen) atoms. The van der Waals surface area contributed by atoms with Crippen LogP contribution in [-0.2, 0) is 9.59 Å². The zero-order chi connectivity index (χ0) is 14.8. The molecule has 1 atom stereocenters. The smallest absolute Gasteiger partial charge is 0.320 e. The largest absolute Gasteiger partial charge is 0.481 e. The van der Waals surface area contributed by atoms with Gasteiger partial charge in [-0.25, -0.2) is 0 Å². The first-order valence-electron chi connectivity index (χ1n) is 5.04. The fraction of sp³-hybridized carbons (Fsp3) is 0.778. The molecule has 0 bridgehead atoms. The van der Waals surface area contributed by atoms with Gasteiger partial charge in [0.2, 0.25) is 0 Å². The first-order chi connectivity index (χ1) is 8.22. The molecule has 0 saturated heterocycles. The lowest BCUT2D eigenvalue weighted by atomic mass is 10.1. The van der Waals surface area contributed by atoms with E-state index >= 15 is 0 Å². The number of hydrogen-bond donors (Lipinski definition) is 7. The fourth-order valence-electron chi connectivity index (χ4n) is 0.552. The van der Waals surface area contributed by atoms with Crippen molar-refractivity contribution < 1.29 is 35.1 Å². The average Bonchev–Trinajstić information content (AvgIpc) is 2.35. The molecule has 9 heteroatoms. The van der Waals surface area contributed by atoms with E-state index in [1.807, 2.05) is 0 Å². The van der Waals surface area contributed by atoms with Gasteiger partial charge in [-0.2, -0.15) is 0 Å². The Balaban J connectivity index is 0. The maximum atomic E-state index is 9.99. The van der Waals surface area contributed by atoms with Gasteiger partial charge in [0.25, 0.3) is 0 Å². The van der Waals surface area contributed by atoms with Crippen molar-refractivity contribution in [1.29, 1.82) is 0 Å². The van der Waals surface area contributed by atoms with E-state index in [-0.39, 0.29) is 12.8 Å². The highest BCUT2D eigenvalue weighted by Crippen LogP contribution is 1.94. The van der Waals surface area contributed by atoms with Gasteiger partial charge in [-0.05, 0) is 6.42 Å². The van der Waals surface area contributed by atoms with Crippen molar-refractivity contribution in [2.45, 2.75) is 24.4 Å². The predicted molar refractivity (Wildman–Crippen MR) is 60.7 cm³/mol. The van der Waals surface area contributed by atoms with Crippen molar-refractivity contribution in [3.05, 3.63) is 0 Å². The molecule has 0 amide bonds. The molecule has 0 fully saturated rings. The lowest BCUT2D eigenvalue weighted by molar-refractivity contribution is -0.139. The normalized spacial score (nSPS) is 12.3. The van der Waals surface area contributed by atoms with Crippen molar-refractivity contribution in [2.75, 3.05) is 19.8 Å². The molecular weight excluding hydrogens is 248 g/mol. The van der Waals surface area contributed by atoms with Gasteiger partial charge in [0.1, 0.15) is 6.04 Å². The van der Waals surface area contributed by atoms with Crippen molar-refractivity contribution in [2.24, 2.45) is 11.5 Å². The minimum atomic E-state index is -1.21. The third kappa shape index (κ3) is 9.93. The third-order valence-electron chi connectivity index (χ3n) is 1.93. The zero-order valence-corrected chi connectivity index (χ0v) is 9.82. The molecule has 0 aromatic rings. The SMILES string of the molecule is NC(CO)(CO)CO.N[C@@H](CCC(=O)O)C(=O)O.